The fourth-order valence-electron chi connectivity index (χ4n) is 4.23. The number of fused-ring (bicyclic) bond motifs is 1. The molecule has 5 nitrogen and oxygen atoms in total. The summed E-state index contributed by atoms with van der Waals surface area (Å²) < 4.78 is 34.1. The van der Waals surface area contributed by atoms with E-state index in [1.54, 1.807) is 42.2 Å². The molecule has 2 aromatic carbocycles. The van der Waals surface area contributed by atoms with Crippen molar-refractivity contribution in [3.63, 3.8) is 0 Å². The van der Waals surface area contributed by atoms with Gasteiger partial charge >= 0.3 is 0 Å². The largest absolute Gasteiger partial charge is 0.453 e. The Morgan fingerprint density at radius 1 is 1.08 bits per heavy atom. The van der Waals surface area contributed by atoms with Crippen LogP contribution >= 0.6 is 11.8 Å². The zero-order chi connectivity index (χ0) is 26.2. The molecule has 1 aromatic heterocycles. The highest BCUT2D eigenvalue weighted by Gasteiger charge is 2.29. The number of nitrogens with one attached hydrogen (secondary N) is 1. The number of aromatic nitrogens is 1. The molecule has 1 N–H and O–H groups in total. The molecule has 1 aliphatic carbocycles. The molecular formula is C29H24F2N2O3S. The van der Waals surface area contributed by atoms with Gasteiger partial charge in [0.2, 0.25) is 0 Å². The van der Waals surface area contributed by atoms with Crippen molar-refractivity contribution in [1.82, 2.24) is 4.98 Å². The van der Waals surface area contributed by atoms with Crippen molar-refractivity contribution in [2.45, 2.75) is 37.1 Å². The summed E-state index contributed by atoms with van der Waals surface area (Å²) >= 11 is 1.60. The molecule has 8 heteroatoms. The van der Waals surface area contributed by atoms with E-state index in [1.165, 1.54) is 36.4 Å². The lowest BCUT2D eigenvalue weighted by atomic mass is 9.88. The van der Waals surface area contributed by atoms with Crippen molar-refractivity contribution < 1.29 is 23.1 Å². The summed E-state index contributed by atoms with van der Waals surface area (Å²) in [6, 6.07) is 11.6. The Hall–Kier alpha value is -3.78. The minimum Gasteiger partial charge on any atom is -0.453 e. The lowest BCUT2D eigenvalue weighted by molar-refractivity contribution is -0.118. The first kappa shape index (κ1) is 24.9. The van der Waals surface area contributed by atoms with Gasteiger partial charge in [0.15, 0.2) is 23.1 Å². The van der Waals surface area contributed by atoms with E-state index in [-0.39, 0.29) is 23.3 Å². The van der Waals surface area contributed by atoms with Crippen LogP contribution in [0.25, 0.3) is 5.57 Å². The van der Waals surface area contributed by atoms with Crippen molar-refractivity contribution in [2.24, 2.45) is 0 Å². The Balaban J connectivity index is 1.29. The van der Waals surface area contributed by atoms with Gasteiger partial charge in [-0.2, -0.15) is 0 Å². The molecule has 2 heterocycles. The number of carbonyl (C=O) groups is 2. The maximum atomic E-state index is 15.0. The molecule has 0 amide bonds. The standard InChI is InChI=1S/C29H24F2N2O3S/c1-29(2)16-37-27-25(12-13-32-28(27)33-29)36-24-11-6-17(14-22(24)31)15-23(34)21-5-3-4-20(26(21)35)18-7-9-19(30)10-8-18/h4-14H,3,15-16H2,1-2H3,(H,32,33). The van der Waals surface area contributed by atoms with Gasteiger partial charge in [-0.25, -0.2) is 13.8 Å². The molecule has 2 aliphatic rings. The Kier molecular flexibility index (Phi) is 6.69. The van der Waals surface area contributed by atoms with E-state index in [1.807, 2.05) is 0 Å². The van der Waals surface area contributed by atoms with Gasteiger partial charge in [-0.15, -0.1) is 11.8 Å². The first-order chi connectivity index (χ1) is 17.7. The van der Waals surface area contributed by atoms with Gasteiger partial charge in [-0.1, -0.05) is 30.4 Å². The van der Waals surface area contributed by atoms with Gasteiger partial charge in [0.1, 0.15) is 17.4 Å². The van der Waals surface area contributed by atoms with Gasteiger partial charge < -0.3 is 10.1 Å². The SMILES string of the molecule is CC1(C)CSc2c(Oc3ccc(CC(=O)C4=CCC=C(c5ccc(F)cc5)C4=O)cc3F)ccnc2N1. The maximum Gasteiger partial charge on any atom is 0.196 e. The highest BCUT2D eigenvalue weighted by atomic mass is 32.2. The number of halogens is 2. The number of carbonyl (C=O) groups excluding carboxylic acids is 2. The van der Waals surface area contributed by atoms with Crippen LogP contribution in [0.2, 0.25) is 0 Å². The Morgan fingerprint density at radius 3 is 2.62 bits per heavy atom. The van der Waals surface area contributed by atoms with E-state index in [4.69, 9.17) is 4.74 Å². The average Bonchev–Trinajstić information content (AvgIpc) is 2.86. The number of thioether (sulfide) groups is 1. The molecule has 3 aromatic rings. The van der Waals surface area contributed by atoms with E-state index in [0.29, 0.717) is 34.7 Å². The topological polar surface area (TPSA) is 68.3 Å². The molecule has 0 spiro atoms. The quantitative estimate of drug-likeness (QED) is 0.374. The third kappa shape index (κ3) is 5.34. The van der Waals surface area contributed by atoms with Crippen LogP contribution in [0.3, 0.4) is 0 Å². The second kappa shape index (κ2) is 9.94. The number of nitrogens with zero attached hydrogens (tertiary/aromatic N) is 1. The van der Waals surface area contributed by atoms with E-state index >= 15 is 0 Å². The summed E-state index contributed by atoms with van der Waals surface area (Å²) in [4.78, 5) is 31.1. The Bertz CT molecular complexity index is 1460. The lowest BCUT2D eigenvalue weighted by Crippen LogP contribution is -2.36. The number of anilines is 1. The van der Waals surface area contributed by atoms with Crippen LogP contribution in [-0.4, -0.2) is 27.8 Å². The summed E-state index contributed by atoms with van der Waals surface area (Å²) in [5.41, 5.74) is 1.27. The highest BCUT2D eigenvalue weighted by Crippen LogP contribution is 2.43. The molecule has 0 saturated heterocycles. The zero-order valence-corrected chi connectivity index (χ0v) is 21.1. The molecule has 0 unspecified atom stereocenters. The summed E-state index contributed by atoms with van der Waals surface area (Å²) in [6.45, 7) is 4.16. The van der Waals surface area contributed by atoms with E-state index < -0.39 is 23.2 Å². The number of allylic oxidation sites excluding steroid dienone is 4. The van der Waals surface area contributed by atoms with Crippen LogP contribution in [0.1, 0.15) is 31.4 Å². The number of hydrogen-bond donors (Lipinski definition) is 1. The molecule has 0 saturated carbocycles. The first-order valence-electron chi connectivity index (χ1n) is 11.8. The monoisotopic (exact) mass is 518 g/mol. The predicted molar refractivity (Wildman–Crippen MR) is 140 cm³/mol. The first-order valence-corrected chi connectivity index (χ1v) is 12.8. The zero-order valence-electron chi connectivity index (χ0n) is 20.3. The molecule has 188 valence electrons. The van der Waals surface area contributed by atoms with Crippen LogP contribution in [0, 0.1) is 11.6 Å². The predicted octanol–water partition coefficient (Wildman–Crippen LogP) is 6.54. The summed E-state index contributed by atoms with van der Waals surface area (Å²) in [6.07, 6.45) is 5.17. The van der Waals surface area contributed by atoms with Gasteiger partial charge in [-0.3, -0.25) is 9.59 Å². The summed E-state index contributed by atoms with van der Waals surface area (Å²) in [5.74, 6) is 0.194. The Labute approximate surface area is 217 Å². The minimum atomic E-state index is -0.610. The number of rotatable bonds is 6. The van der Waals surface area contributed by atoms with Crippen LogP contribution in [0.4, 0.5) is 14.6 Å². The molecule has 5 rings (SSSR count). The number of hydrogen-bond acceptors (Lipinski definition) is 6. The van der Waals surface area contributed by atoms with Gasteiger partial charge in [0.05, 0.1) is 10.5 Å². The van der Waals surface area contributed by atoms with Crippen molar-refractivity contribution in [3.8, 4) is 11.5 Å². The summed E-state index contributed by atoms with van der Waals surface area (Å²) in [5, 5.41) is 3.36. The van der Waals surface area contributed by atoms with Crippen molar-refractivity contribution in [3.05, 3.63) is 95.2 Å². The van der Waals surface area contributed by atoms with Crippen molar-refractivity contribution in [2.75, 3.05) is 11.1 Å². The van der Waals surface area contributed by atoms with Crippen LogP contribution in [-0.2, 0) is 16.0 Å². The smallest absolute Gasteiger partial charge is 0.196 e. The maximum absolute atomic E-state index is 15.0. The normalized spacial score (nSPS) is 16.3. The van der Waals surface area contributed by atoms with E-state index in [9.17, 15) is 18.4 Å². The van der Waals surface area contributed by atoms with Gasteiger partial charge in [0.25, 0.3) is 0 Å². The second-order valence-electron chi connectivity index (χ2n) is 9.56. The van der Waals surface area contributed by atoms with E-state index in [2.05, 4.69) is 24.1 Å². The van der Waals surface area contributed by atoms with Crippen LogP contribution < -0.4 is 10.1 Å². The molecule has 0 bridgehead atoms. The van der Waals surface area contributed by atoms with Crippen molar-refractivity contribution >= 4 is 34.7 Å². The van der Waals surface area contributed by atoms with Gasteiger partial charge in [0, 0.05) is 35.5 Å². The number of Topliss-reactive ketones (excluding diaryl/α,β-unsaturated/α-hetero) is 2. The minimum absolute atomic E-state index is 0.0320. The highest BCUT2D eigenvalue weighted by molar-refractivity contribution is 7.99. The van der Waals surface area contributed by atoms with E-state index in [0.717, 1.165) is 10.6 Å². The number of ketones is 2. The summed E-state index contributed by atoms with van der Waals surface area (Å²) in [7, 11) is 0. The third-order valence-electron chi connectivity index (χ3n) is 6.07. The fourth-order valence-corrected chi connectivity index (χ4v) is 5.30. The van der Waals surface area contributed by atoms with Crippen LogP contribution in [0.15, 0.2) is 77.3 Å². The third-order valence-corrected chi connectivity index (χ3v) is 7.62. The molecule has 1 aliphatic heterocycles. The Morgan fingerprint density at radius 2 is 1.86 bits per heavy atom. The number of ether oxygens (including phenoxy) is 1. The lowest BCUT2D eigenvalue weighted by Gasteiger charge is -2.32. The fraction of sp³-hybridized carbons (Fsp3) is 0.207. The molecular weight excluding hydrogens is 494 g/mol. The molecule has 37 heavy (non-hydrogen) atoms. The van der Waals surface area contributed by atoms with Gasteiger partial charge in [-0.05, 0) is 55.7 Å². The second-order valence-corrected chi connectivity index (χ2v) is 10.5. The molecule has 0 atom stereocenters. The van der Waals surface area contributed by atoms with Crippen molar-refractivity contribution in [1.29, 1.82) is 0 Å². The number of benzene rings is 2. The molecule has 0 fully saturated rings. The van der Waals surface area contributed by atoms with Crippen LogP contribution in [0.5, 0.6) is 11.5 Å². The average molecular weight is 519 g/mol. The number of pyridine rings is 1. The molecule has 0 radical (unpaired) electrons.